The zero-order chi connectivity index (χ0) is 22.5. The second-order valence-corrected chi connectivity index (χ2v) is 7.09. The minimum absolute atomic E-state index is 0.336. The van der Waals surface area contributed by atoms with E-state index < -0.39 is 46.4 Å². The van der Waals surface area contributed by atoms with E-state index in [1.165, 1.54) is 5.56 Å². The van der Waals surface area contributed by atoms with Crippen molar-refractivity contribution in [1.29, 1.82) is 0 Å². The summed E-state index contributed by atoms with van der Waals surface area (Å²) in [5, 5.41) is 0. The molecule has 0 aromatic heterocycles. The molecular formula is C24H19F5O2. The van der Waals surface area contributed by atoms with Gasteiger partial charge in [-0.05, 0) is 48.1 Å². The van der Waals surface area contributed by atoms with Gasteiger partial charge in [0.2, 0.25) is 0 Å². The van der Waals surface area contributed by atoms with Crippen molar-refractivity contribution in [3.63, 3.8) is 0 Å². The standard InChI is InChI=1S/C24H19F5O2/c1-2-3-14-4-6-15(7-5-14)8-9-16-10-18(25)22(19(26)11-16)24(30)31-17-12-20(27)23(29)21(28)13-17/h4-7,10-13H,2-3,8-9H2,1H3. The maximum atomic E-state index is 14.4. The summed E-state index contributed by atoms with van der Waals surface area (Å²) in [4.78, 5) is 12.1. The Morgan fingerprint density at radius 1 is 0.710 bits per heavy atom. The van der Waals surface area contributed by atoms with Gasteiger partial charge in [0, 0.05) is 12.1 Å². The van der Waals surface area contributed by atoms with Crippen LogP contribution in [0.2, 0.25) is 0 Å². The average molecular weight is 434 g/mol. The summed E-state index contributed by atoms with van der Waals surface area (Å²) in [7, 11) is 0. The van der Waals surface area contributed by atoms with Crippen LogP contribution in [0.25, 0.3) is 0 Å². The molecule has 0 saturated heterocycles. The molecule has 0 amide bonds. The second kappa shape index (κ2) is 9.73. The number of hydrogen-bond donors (Lipinski definition) is 0. The van der Waals surface area contributed by atoms with Gasteiger partial charge < -0.3 is 4.74 Å². The fourth-order valence-electron chi connectivity index (χ4n) is 3.16. The first kappa shape index (κ1) is 22.5. The first-order valence-corrected chi connectivity index (χ1v) is 9.71. The van der Waals surface area contributed by atoms with Crippen LogP contribution in [0, 0.1) is 29.1 Å². The molecule has 0 radical (unpaired) electrons. The molecule has 0 bridgehead atoms. The van der Waals surface area contributed by atoms with E-state index in [4.69, 9.17) is 0 Å². The highest BCUT2D eigenvalue weighted by Gasteiger charge is 2.22. The normalized spacial score (nSPS) is 10.9. The molecule has 3 aromatic rings. The molecular weight excluding hydrogens is 415 g/mol. The molecule has 2 nitrogen and oxygen atoms in total. The van der Waals surface area contributed by atoms with Crippen molar-refractivity contribution >= 4 is 5.97 Å². The van der Waals surface area contributed by atoms with Gasteiger partial charge in [0.1, 0.15) is 22.9 Å². The van der Waals surface area contributed by atoms with Crippen LogP contribution in [0.15, 0.2) is 48.5 Å². The molecule has 3 aromatic carbocycles. The van der Waals surface area contributed by atoms with Gasteiger partial charge in [-0.3, -0.25) is 0 Å². The minimum atomic E-state index is -1.75. The Labute approximate surface area is 176 Å². The molecule has 7 heteroatoms. The average Bonchev–Trinajstić information content (AvgIpc) is 2.71. The van der Waals surface area contributed by atoms with E-state index >= 15 is 0 Å². The van der Waals surface area contributed by atoms with E-state index in [0.717, 1.165) is 30.5 Å². The minimum Gasteiger partial charge on any atom is -0.423 e. The maximum Gasteiger partial charge on any atom is 0.349 e. The topological polar surface area (TPSA) is 26.3 Å². The van der Waals surface area contributed by atoms with Gasteiger partial charge in [-0.15, -0.1) is 0 Å². The first-order valence-electron chi connectivity index (χ1n) is 9.71. The molecule has 0 N–H and O–H groups in total. The third kappa shape index (κ3) is 5.48. The molecule has 162 valence electrons. The Morgan fingerprint density at radius 3 is 1.71 bits per heavy atom. The lowest BCUT2D eigenvalue weighted by molar-refractivity contribution is 0.0723. The molecule has 0 heterocycles. The fraction of sp³-hybridized carbons (Fsp3) is 0.208. The Balaban J connectivity index is 1.71. The van der Waals surface area contributed by atoms with Crippen LogP contribution in [-0.4, -0.2) is 5.97 Å². The van der Waals surface area contributed by atoms with Crippen molar-refractivity contribution in [2.24, 2.45) is 0 Å². The van der Waals surface area contributed by atoms with Crippen molar-refractivity contribution in [2.45, 2.75) is 32.6 Å². The third-order valence-electron chi connectivity index (χ3n) is 4.74. The summed E-state index contributed by atoms with van der Waals surface area (Å²) in [5.74, 6) is -9.47. The molecule has 0 unspecified atom stereocenters. The van der Waals surface area contributed by atoms with Crippen molar-refractivity contribution in [2.75, 3.05) is 0 Å². The van der Waals surface area contributed by atoms with E-state index in [1.807, 2.05) is 24.3 Å². The molecule has 0 aliphatic heterocycles. The molecule has 0 saturated carbocycles. The molecule has 0 spiro atoms. The Morgan fingerprint density at radius 2 is 1.19 bits per heavy atom. The lowest BCUT2D eigenvalue weighted by atomic mass is 10.0. The quantitative estimate of drug-likeness (QED) is 0.188. The molecule has 3 rings (SSSR count). The Bertz CT molecular complexity index is 1050. The predicted molar refractivity (Wildman–Crippen MR) is 105 cm³/mol. The maximum absolute atomic E-state index is 14.4. The number of carbonyl (C=O) groups excluding carboxylic acids is 1. The second-order valence-electron chi connectivity index (χ2n) is 7.09. The highest BCUT2D eigenvalue weighted by Crippen LogP contribution is 2.23. The van der Waals surface area contributed by atoms with Crippen LogP contribution < -0.4 is 4.74 Å². The largest absolute Gasteiger partial charge is 0.423 e. The van der Waals surface area contributed by atoms with Crippen LogP contribution in [0.4, 0.5) is 22.0 Å². The molecule has 0 fully saturated rings. The third-order valence-corrected chi connectivity index (χ3v) is 4.74. The summed E-state index contributed by atoms with van der Waals surface area (Å²) in [6.07, 6.45) is 2.90. The van der Waals surface area contributed by atoms with Crippen LogP contribution >= 0.6 is 0 Å². The highest BCUT2D eigenvalue weighted by molar-refractivity contribution is 5.91. The number of benzene rings is 3. The summed E-state index contributed by atoms with van der Waals surface area (Å²) >= 11 is 0. The van der Waals surface area contributed by atoms with E-state index in [2.05, 4.69) is 11.7 Å². The summed E-state index contributed by atoms with van der Waals surface area (Å²) in [5.41, 5.74) is 1.55. The van der Waals surface area contributed by atoms with E-state index in [-0.39, 0.29) is 0 Å². The van der Waals surface area contributed by atoms with E-state index in [1.54, 1.807) is 0 Å². The molecule has 0 atom stereocenters. The van der Waals surface area contributed by atoms with Gasteiger partial charge in [0.05, 0.1) is 0 Å². The lowest BCUT2D eigenvalue weighted by Gasteiger charge is -2.09. The van der Waals surface area contributed by atoms with Crippen LogP contribution in [0.3, 0.4) is 0 Å². The van der Waals surface area contributed by atoms with Crippen LogP contribution in [0.1, 0.15) is 40.4 Å². The van der Waals surface area contributed by atoms with Gasteiger partial charge in [-0.25, -0.2) is 26.7 Å². The predicted octanol–water partition coefficient (Wildman–Crippen LogP) is 6.34. The van der Waals surface area contributed by atoms with Crippen LogP contribution in [-0.2, 0) is 19.3 Å². The number of hydrogen-bond acceptors (Lipinski definition) is 2. The zero-order valence-electron chi connectivity index (χ0n) is 16.7. The molecule has 0 aliphatic carbocycles. The van der Waals surface area contributed by atoms with Gasteiger partial charge in [0.15, 0.2) is 17.5 Å². The van der Waals surface area contributed by atoms with Crippen molar-refractivity contribution in [3.8, 4) is 5.75 Å². The van der Waals surface area contributed by atoms with Gasteiger partial charge in [0.25, 0.3) is 0 Å². The van der Waals surface area contributed by atoms with Crippen molar-refractivity contribution in [1.82, 2.24) is 0 Å². The highest BCUT2D eigenvalue weighted by atomic mass is 19.2. The van der Waals surface area contributed by atoms with E-state index in [9.17, 15) is 26.7 Å². The fourth-order valence-corrected chi connectivity index (χ4v) is 3.16. The zero-order valence-corrected chi connectivity index (χ0v) is 16.7. The summed E-state index contributed by atoms with van der Waals surface area (Å²) in [6, 6.07) is 10.8. The smallest absolute Gasteiger partial charge is 0.349 e. The number of esters is 1. The summed E-state index contributed by atoms with van der Waals surface area (Å²) in [6.45, 7) is 2.09. The summed E-state index contributed by atoms with van der Waals surface area (Å²) < 4.78 is 72.9. The van der Waals surface area contributed by atoms with Crippen molar-refractivity contribution in [3.05, 3.63) is 99.9 Å². The number of ether oxygens (including phenoxy) is 1. The van der Waals surface area contributed by atoms with E-state index in [0.29, 0.717) is 30.5 Å². The monoisotopic (exact) mass is 434 g/mol. The SMILES string of the molecule is CCCc1ccc(CCc2cc(F)c(C(=O)Oc3cc(F)c(F)c(F)c3)c(F)c2)cc1. The molecule has 0 aliphatic rings. The Kier molecular flexibility index (Phi) is 7.05. The van der Waals surface area contributed by atoms with Gasteiger partial charge >= 0.3 is 5.97 Å². The Hall–Kier alpha value is -3.22. The first-order chi connectivity index (χ1) is 14.8. The number of rotatable bonds is 7. The lowest BCUT2D eigenvalue weighted by Crippen LogP contribution is -2.14. The van der Waals surface area contributed by atoms with Crippen LogP contribution in [0.5, 0.6) is 5.75 Å². The van der Waals surface area contributed by atoms with Gasteiger partial charge in [-0.2, -0.15) is 0 Å². The number of carbonyl (C=O) groups is 1. The number of halogens is 5. The van der Waals surface area contributed by atoms with Crippen molar-refractivity contribution < 1.29 is 31.5 Å². The molecule has 31 heavy (non-hydrogen) atoms. The van der Waals surface area contributed by atoms with Gasteiger partial charge in [-0.1, -0.05) is 37.6 Å². The number of aryl methyl sites for hydroxylation is 3.